The number of anilines is 1. The predicted molar refractivity (Wildman–Crippen MR) is 67.1 cm³/mol. The van der Waals surface area contributed by atoms with E-state index >= 15 is 0 Å². The van der Waals surface area contributed by atoms with Crippen molar-refractivity contribution in [3.05, 3.63) is 42.4 Å². The van der Waals surface area contributed by atoms with E-state index in [4.69, 9.17) is 5.48 Å². The molecule has 0 aliphatic heterocycles. The van der Waals surface area contributed by atoms with Gasteiger partial charge in [0.2, 0.25) is 0 Å². The number of hydrogen-bond donors (Lipinski definition) is 3. The number of H-pyrrole nitrogens is 1. The van der Waals surface area contributed by atoms with E-state index in [9.17, 15) is 5.11 Å². The fraction of sp³-hybridized carbons (Fsp3) is 0.0833. The summed E-state index contributed by atoms with van der Waals surface area (Å²) >= 11 is 0. The van der Waals surface area contributed by atoms with Crippen LogP contribution in [0.3, 0.4) is 0 Å². The summed E-state index contributed by atoms with van der Waals surface area (Å²) in [6.45, 7) is -0.0200. The van der Waals surface area contributed by atoms with Crippen molar-refractivity contribution in [1.82, 2.24) is 19.9 Å². The Morgan fingerprint density at radius 1 is 1.28 bits per heavy atom. The van der Waals surface area contributed by atoms with Gasteiger partial charge in [0.1, 0.15) is 17.6 Å². The van der Waals surface area contributed by atoms with Crippen LogP contribution >= 0.6 is 0 Å². The molecule has 0 atom stereocenters. The first-order valence-corrected chi connectivity index (χ1v) is 5.16. The van der Waals surface area contributed by atoms with Gasteiger partial charge in [-0.3, -0.25) is 0 Å². The van der Waals surface area contributed by atoms with Crippen molar-refractivity contribution in [1.29, 1.82) is 0 Å². The number of fused-ring (bicyclic) bond motifs is 1. The molecule has 18 heavy (non-hydrogen) atoms. The average molecular weight is 245 g/mol. The van der Waals surface area contributed by atoms with Gasteiger partial charge in [0.05, 0.1) is 11.8 Å². The quantitative estimate of drug-likeness (QED) is 0.653. The normalized spacial score (nSPS) is 13.8. The number of phenolic OH excluding ortho intramolecular Hbond substituents is 1. The third-order valence-electron chi connectivity index (χ3n) is 2.40. The summed E-state index contributed by atoms with van der Waals surface area (Å²) in [5.41, 5.74) is 1.11. The zero-order valence-corrected chi connectivity index (χ0v) is 9.15. The summed E-state index contributed by atoms with van der Waals surface area (Å²) in [6.07, 6.45) is 2.79. The maximum Gasteiger partial charge on any atom is 0.182 e. The van der Waals surface area contributed by atoms with Gasteiger partial charge in [-0.05, 0) is 6.04 Å². The molecule has 0 radical (unpaired) electrons. The predicted octanol–water partition coefficient (Wildman–Crippen LogP) is 1.67. The number of aromatic hydroxyl groups is 1. The molecular weight excluding hydrogens is 230 g/mol. The van der Waals surface area contributed by atoms with Crippen LogP contribution in [0.15, 0.2) is 36.8 Å². The number of phenols is 1. The second kappa shape index (κ2) is 4.33. The molecule has 0 saturated carbocycles. The van der Waals surface area contributed by atoms with Crippen LogP contribution in [-0.2, 0) is 6.54 Å². The highest BCUT2D eigenvalue weighted by Gasteiger charge is 2.06. The Hall–Kier alpha value is -2.63. The lowest BCUT2D eigenvalue weighted by Crippen LogP contribution is -2.02. The van der Waals surface area contributed by atoms with E-state index in [1.54, 1.807) is 0 Å². The molecule has 0 fully saturated rings. The van der Waals surface area contributed by atoms with Gasteiger partial charge >= 0.3 is 0 Å². The van der Waals surface area contributed by atoms with Crippen LogP contribution < -0.4 is 5.32 Å². The molecule has 0 spiro atoms. The van der Waals surface area contributed by atoms with Crippen molar-refractivity contribution in [2.24, 2.45) is 0 Å². The van der Waals surface area contributed by atoms with Crippen LogP contribution in [0.25, 0.3) is 11.2 Å². The molecule has 90 valence electrons. The first kappa shape index (κ1) is 6.95. The summed E-state index contributed by atoms with van der Waals surface area (Å²) < 4.78 is 30.6. The van der Waals surface area contributed by atoms with Gasteiger partial charge < -0.3 is 15.4 Å². The van der Waals surface area contributed by atoms with Gasteiger partial charge in [-0.15, -0.1) is 0 Å². The highest BCUT2D eigenvalue weighted by Crippen LogP contribution is 2.19. The topological polar surface area (TPSA) is 86.7 Å². The number of para-hydroxylation sites is 1. The Morgan fingerprint density at radius 3 is 3.11 bits per heavy atom. The van der Waals surface area contributed by atoms with Gasteiger partial charge in [0.15, 0.2) is 11.5 Å². The molecule has 0 aliphatic rings. The van der Waals surface area contributed by atoms with Crippen LogP contribution in [-0.4, -0.2) is 25.0 Å². The monoisotopic (exact) mass is 245 g/mol. The van der Waals surface area contributed by atoms with E-state index in [2.05, 4.69) is 25.3 Å². The summed E-state index contributed by atoms with van der Waals surface area (Å²) in [4.78, 5) is 14.9. The highest BCUT2D eigenvalue weighted by atomic mass is 16.3. The van der Waals surface area contributed by atoms with E-state index < -0.39 is 23.9 Å². The Bertz CT molecular complexity index is 837. The van der Waals surface area contributed by atoms with Crippen molar-refractivity contribution >= 4 is 17.0 Å². The molecule has 3 aromatic rings. The summed E-state index contributed by atoms with van der Waals surface area (Å²) in [5, 5.41) is 12.8. The lowest BCUT2D eigenvalue weighted by molar-refractivity contribution is 0.469. The zero-order chi connectivity index (χ0) is 15.9. The Labute approximate surface area is 108 Å². The smallest absolute Gasteiger partial charge is 0.182 e. The Morgan fingerprint density at radius 2 is 2.17 bits per heavy atom. The Kier molecular flexibility index (Phi) is 1.67. The van der Waals surface area contributed by atoms with Crippen LogP contribution in [0, 0.1) is 0 Å². The average Bonchev–Trinajstić information content (AvgIpc) is 3.00. The van der Waals surface area contributed by atoms with Crippen LogP contribution in [0.5, 0.6) is 5.75 Å². The molecule has 0 unspecified atom stereocenters. The van der Waals surface area contributed by atoms with Crippen molar-refractivity contribution in [3.8, 4) is 5.75 Å². The second-order valence-corrected chi connectivity index (χ2v) is 3.50. The van der Waals surface area contributed by atoms with E-state index in [1.165, 1.54) is 12.7 Å². The van der Waals surface area contributed by atoms with Gasteiger partial charge in [0, 0.05) is 12.1 Å². The number of benzene rings is 1. The van der Waals surface area contributed by atoms with Crippen molar-refractivity contribution in [2.75, 3.05) is 5.32 Å². The van der Waals surface area contributed by atoms with Crippen molar-refractivity contribution in [3.63, 3.8) is 0 Å². The molecule has 3 rings (SSSR count). The molecule has 6 nitrogen and oxygen atoms in total. The van der Waals surface area contributed by atoms with Crippen LogP contribution in [0.4, 0.5) is 5.82 Å². The fourth-order valence-corrected chi connectivity index (χ4v) is 1.53. The molecule has 0 aliphatic carbocycles. The van der Waals surface area contributed by atoms with Gasteiger partial charge in [-0.1, -0.05) is 18.1 Å². The number of rotatable bonds is 3. The molecule has 2 heterocycles. The molecule has 0 saturated heterocycles. The van der Waals surface area contributed by atoms with Crippen molar-refractivity contribution in [2.45, 2.75) is 6.54 Å². The number of aromatic nitrogens is 4. The molecular formula is C12H11N5O. The number of hydrogen-bond acceptors (Lipinski definition) is 5. The van der Waals surface area contributed by atoms with Gasteiger partial charge in [-0.2, -0.15) is 0 Å². The summed E-state index contributed by atoms with van der Waals surface area (Å²) in [7, 11) is 0. The minimum Gasteiger partial charge on any atom is -0.508 e. The summed E-state index contributed by atoms with van der Waals surface area (Å²) in [5.74, 6) is -0.0530. The minimum absolute atomic E-state index is 0.0200. The van der Waals surface area contributed by atoms with E-state index in [-0.39, 0.29) is 18.2 Å². The van der Waals surface area contributed by atoms with E-state index in [0.717, 1.165) is 0 Å². The third kappa shape index (κ3) is 1.84. The molecule has 0 amide bonds. The van der Waals surface area contributed by atoms with Crippen LogP contribution in [0.2, 0.25) is 0 Å². The second-order valence-electron chi connectivity index (χ2n) is 3.50. The van der Waals surface area contributed by atoms with Gasteiger partial charge in [0.25, 0.3) is 0 Å². The standard InChI is InChI=1S/C12H11N5O/c18-9-4-2-1-3-8(9)5-13-11-10-12(15-6-14-10)17-7-16-11/h1-4,6-7,18H,5H2,(H2,13,14,15,16,17)/i1D,2D,3D,4D. The number of aromatic amines is 1. The zero-order valence-electron chi connectivity index (χ0n) is 13.2. The largest absolute Gasteiger partial charge is 0.508 e. The maximum absolute atomic E-state index is 9.93. The molecule has 6 heteroatoms. The van der Waals surface area contributed by atoms with E-state index in [1.807, 2.05) is 0 Å². The molecule has 0 bridgehead atoms. The van der Waals surface area contributed by atoms with Crippen LogP contribution in [0.1, 0.15) is 11.0 Å². The van der Waals surface area contributed by atoms with E-state index in [0.29, 0.717) is 17.0 Å². The fourth-order valence-electron chi connectivity index (χ4n) is 1.53. The molecule has 1 aromatic carbocycles. The Balaban J connectivity index is 1.96. The first-order chi connectivity index (χ1) is 10.5. The minimum atomic E-state index is -0.478. The summed E-state index contributed by atoms with van der Waals surface area (Å²) in [6, 6.07) is -1.62. The lowest BCUT2D eigenvalue weighted by Gasteiger charge is -2.07. The number of imidazole rings is 1. The SMILES string of the molecule is [2H]c1c([2H])c([2H])c(CNc2ncnc3nc[nH]c23)c(O)c1[2H]. The molecule has 3 N–H and O–H groups in total. The van der Waals surface area contributed by atoms with Gasteiger partial charge in [-0.25, -0.2) is 15.0 Å². The number of nitrogens with zero attached hydrogens (tertiary/aromatic N) is 3. The number of nitrogens with one attached hydrogen (secondary N) is 2. The van der Waals surface area contributed by atoms with Crippen molar-refractivity contribution < 1.29 is 10.6 Å². The molecule has 2 aromatic heterocycles. The highest BCUT2D eigenvalue weighted by molar-refractivity contribution is 5.81. The lowest BCUT2D eigenvalue weighted by atomic mass is 10.2. The maximum atomic E-state index is 9.93. The third-order valence-corrected chi connectivity index (χ3v) is 2.40. The first-order valence-electron chi connectivity index (χ1n) is 7.16.